The number of nitrogens with zero attached hydrogens (tertiary/aromatic N) is 2. The highest BCUT2D eigenvalue weighted by molar-refractivity contribution is 7.86. The first-order valence-corrected chi connectivity index (χ1v) is 6.77. The van der Waals surface area contributed by atoms with Gasteiger partial charge in [-0.25, -0.2) is 0 Å². The second-order valence-electron chi connectivity index (χ2n) is 3.94. The standard InChI is InChI=1S/C9H18N2O4S/c1-3-6-10(2)16(14,15)11-7-4-5-8(11)9(12)13/h8H,3-7H2,1-2H3,(H,12,13)/t8-/m1/s1. The van der Waals surface area contributed by atoms with Crippen molar-refractivity contribution in [1.29, 1.82) is 0 Å². The van der Waals surface area contributed by atoms with Crippen LogP contribution >= 0.6 is 0 Å². The summed E-state index contributed by atoms with van der Waals surface area (Å²) < 4.78 is 26.4. The second kappa shape index (κ2) is 5.11. The van der Waals surface area contributed by atoms with Crippen molar-refractivity contribution in [1.82, 2.24) is 8.61 Å². The van der Waals surface area contributed by atoms with Crippen LogP contribution < -0.4 is 0 Å². The van der Waals surface area contributed by atoms with Crippen LogP contribution in [0.25, 0.3) is 0 Å². The van der Waals surface area contributed by atoms with E-state index in [9.17, 15) is 13.2 Å². The van der Waals surface area contributed by atoms with E-state index in [4.69, 9.17) is 5.11 Å². The zero-order valence-electron chi connectivity index (χ0n) is 9.59. The Bertz CT molecular complexity index is 355. The molecule has 16 heavy (non-hydrogen) atoms. The van der Waals surface area contributed by atoms with Gasteiger partial charge in [-0.2, -0.15) is 17.0 Å². The molecule has 1 aliphatic heterocycles. The molecule has 1 saturated heterocycles. The molecule has 1 atom stereocenters. The summed E-state index contributed by atoms with van der Waals surface area (Å²) in [7, 11) is -2.13. The largest absolute Gasteiger partial charge is 0.480 e. The normalized spacial score (nSPS) is 22.8. The van der Waals surface area contributed by atoms with Gasteiger partial charge in [-0.15, -0.1) is 0 Å². The summed E-state index contributed by atoms with van der Waals surface area (Å²) in [4.78, 5) is 10.9. The molecule has 0 bridgehead atoms. The van der Waals surface area contributed by atoms with Crippen LogP contribution in [-0.2, 0) is 15.0 Å². The maximum atomic E-state index is 12.0. The van der Waals surface area contributed by atoms with Crippen LogP contribution in [0.3, 0.4) is 0 Å². The molecule has 1 aliphatic rings. The van der Waals surface area contributed by atoms with Gasteiger partial charge in [-0.1, -0.05) is 6.92 Å². The molecule has 0 radical (unpaired) electrons. The lowest BCUT2D eigenvalue weighted by atomic mass is 10.2. The van der Waals surface area contributed by atoms with E-state index in [0.717, 1.165) is 4.31 Å². The Balaban J connectivity index is 2.86. The van der Waals surface area contributed by atoms with Gasteiger partial charge in [0.2, 0.25) is 0 Å². The average Bonchev–Trinajstić information content (AvgIpc) is 2.66. The van der Waals surface area contributed by atoms with E-state index in [0.29, 0.717) is 32.4 Å². The van der Waals surface area contributed by atoms with E-state index in [-0.39, 0.29) is 0 Å². The number of rotatable bonds is 5. The van der Waals surface area contributed by atoms with Crippen molar-refractivity contribution >= 4 is 16.2 Å². The third-order valence-corrected chi connectivity index (χ3v) is 4.72. The fourth-order valence-corrected chi connectivity index (χ4v) is 3.52. The van der Waals surface area contributed by atoms with Gasteiger partial charge in [0.05, 0.1) is 0 Å². The van der Waals surface area contributed by atoms with E-state index >= 15 is 0 Å². The lowest BCUT2D eigenvalue weighted by Gasteiger charge is -2.26. The monoisotopic (exact) mass is 250 g/mol. The number of carboxylic acids is 1. The molecule has 6 nitrogen and oxygen atoms in total. The Morgan fingerprint density at radius 2 is 2.19 bits per heavy atom. The molecule has 0 aliphatic carbocycles. The Labute approximate surface area is 96.0 Å². The molecule has 94 valence electrons. The Morgan fingerprint density at radius 3 is 2.69 bits per heavy atom. The summed E-state index contributed by atoms with van der Waals surface area (Å²) in [6.07, 6.45) is 1.71. The zero-order chi connectivity index (χ0) is 12.3. The average molecular weight is 250 g/mol. The molecule has 0 aromatic heterocycles. The van der Waals surface area contributed by atoms with Crippen molar-refractivity contribution in [2.24, 2.45) is 0 Å². The van der Waals surface area contributed by atoms with Crippen LogP contribution in [0.1, 0.15) is 26.2 Å². The van der Waals surface area contributed by atoms with Gasteiger partial charge in [0.25, 0.3) is 10.2 Å². The number of carboxylic acid groups (broad SMARTS) is 1. The molecule has 0 spiro atoms. The highest BCUT2D eigenvalue weighted by atomic mass is 32.2. The first-order valence-electron chi connectivity index (χ1n) is 5.37. The van der Waals surface area contributed by atoms with Gasteiger partial charge in [-0.05, 0) is 19.3 Å². The van der Waals surface area contributed by atoms with Gasteiger partial charge in [0.1, 0.15) is 6.04 Å². The third-order valence-electron chi connectivity index (χ3n) is 2.72. The predicted molar refractivity (Wildman–Crippen MR) is 59.2 cm³/mol. The molecule has 0 aromatic carbocycles. The minimum atomic E-state index is -3.61. The van der Waals surface area contributed by atoms with Crippen LogP contribution in [0, 0.1) is 0 Å². The van der Waals surface area contributed by atoms with Crippen molar-refractivity contribution in [2.45, 2.75) is 32.2 Å². The quantitative estimate of drug-likeness (QED) is 0.752. The Kier molecular flexibility index (Phi) is 4.28. The minimum Gasteiger partial charge on any atom is -0.480 e. The molecule has 0 amide bonds. The second-order valence-corrected chi connectivity index (χ2v) is 5.92. The first-order chi connectivity index (χ1) is 7.41. The van der Waals surface area contributed by atoms with Crippen LogP contribution in [0.2, 0.25) is 0 Å². The molecular formula is C9H18N2O4S. The van der Waals surface area contributed by atoms with Crippen molar-refractivity contribution in [3.05, 3.63) is 0 Å². The summed E-state index contributed by atoms with van der Waals surface area (Å²) in [5.74, 6) is -1.06. The molecule has 1 rings (SSSR count). The third kappa shape index (κ3) is 2.53. The van der Waals surface area contributed by atoms with Crippen LogP contribution in [-0.4, -0.2) is 54.3 Å². The van der Waals surface area contributed by atoms with Crippen molar-refractivity contribution in [3.8, 4) is 0 Å². The van der Waals surface area contributed by atoms with Crippen molar-refractivity contribution < 1.29 is 18.3 Å². The fourth-order valence-electron chi connectivity index (χ4n) is 1.87. The molecule has 0 saturated carbocycles. The lowest BCUT2D eigenvalue weighted by molar-refractivity contribution is -0.140. The summed E-state index contributed by atoms with van der Waals surface area (Å²) in [5.41, 5.74) is 0. The summed E-state index contributed by atoms with van der Waals surface area (Å²) in [6, 6.07) is -0.899. The maximum absolute atomic E-state index is 12.0. The topological polar surface area (TPSA) is 77.9 Å². The molecule has 0 aromatic rings. The molecule has 7 heteroatoms. The van der Waals surface area contributed by atoms with Crippen molar-refractivity contribution in [2.75, 3.05) is 20.1 Å². The number of hydrogen-bond acceptors (Lipinski definition) is 3. The van der Waals surface area contributed by atoms with Crippen LogP contribution in [0.15, 0.2) is 0 Å². The van der Waals surface area contributed by atoms with Gasteiger partial charge < -0.3 is 5.11 Å². The predicted octanol–water partition coefficient (Wildman–Crippen LogP) is 0.122. The Hall–Kier alpha value is -0.660. The molecule has 1 fully saturated rings. The molecule has 0 unspecified atom stereocenters. The Morgan fingerprint density at radius 1 is 1.56 bits per heavy atom. The van der Waals surface area contributed by atoms with E-state index in [1.54, 1.807) is 0 Å². The van der Waals surface area contributed by atoms with E-state index in [1.807, 2.05) is 6.92 Å². The summed E-state index contributed by atoms with van der Waals surface area (Å²) >= 11 is 0. The van der Waals surface area contributed by atoms with Gasteiger partial charge in [-0.3, -0.25) is 4.79 Å². The number of carbonyl (C=O) groups is 1. The summed E-state index contributed by atoms with van der Waals surface area (Å²) in [6.45, 7) is 2.59. The summed E-state index contributed by atoms with van der Waals surface area (Å²) in [5, 5.41) is 8.93. The van der Waals surface area contributed by atoms with Crippen LogP contribution in [0.5, 0.6) is 0 Å². The van der Waals surface area contributed by atoms with Gasteiger partial charge in [0, 0.05) is 20.1 Å². The smallest absolute Gasteiger partial charge is 0.322 e. The van der Waals surface area contributed by atoms with Crippen LogP contribution in [0.4, 0.5) is 0 Å². The molecular weight excluding hydrogens is 232 g/mol. The van der Waals surface area contributed by atoms with Crippen molar-refractivity contribution in [3.63, 3.8) is 0 Å². The first kappa shape index (κ1) is 13.4. The zero-order valence-corrected chi connectivity index (χ0v) is 10.4. The highest BCUT2D eigenvalue weighted by Gasteiger charge is 2.40. The van der Waals surface area contributed by atoms with E-state index in [1.165, 1.54) is 11.4 Å². The SMILES string of the molecule is CCCN(C)S(=O)(=O)N1CCC[C@@H]1C(=O)O. The minimum absolute atomic E-state index is 0.299. The molecule has 1 heterocycles. The number of hydrogen-bond donors (Lipinski definition) is 1. The fraction of sp³-hybridized carbons (Fsp3) is 0.889. The van der Waals surface area contributed by atoms with E-state index < -0.39 is 22.2 Å². The van der Waals surface area contributed by atoms with Gasteiger partial charge >= 0.3 is 5.97 Å². The number of aliphatic carboxylic acids is 1. The molecule has 1 N–H and O–H groups in total. The maximum Gasteiger partial charge on any atom is 0.322 e. The van der Waals surface area contributed by atoms with E-state index in [2.05, 4.69) is 0 Å². The lowest BCUT2D eigenvalue weighted by Crippen LogP contribution is -2.47. The highest BCUT2D eigenvalue weighted by Crippen LogP contribution is 2.22. The van der Waals surface area contributed by atoms with Gasteiger partial charge in [0.15, 0.2) is 0 Å².